The lowest BCUT2D eigenvalue weighted by Gasteiger charge is -2.30. The Morgan fingerprint density at radius 3 is 2.33 bits per heavy atom. The molecule has 0 spiro atoms. The van der Waals surface area contributed by atoms with Gasteiger partial charge in [0.1, 0.15) is 6.10 Å². The lowest BCUT2D eigenvalue weighted by atomic mass is 9.87. The van der Waals surface area contributed by atoms with Gasteiger partial charge in [-0.1, -0.05) is 0 Å². The number of fused-ring (bicyclic) bond motifs is 1. The molecular weight excluding hydrogens is 194 g/mol. The lowest BCUT2D eigenvalue weighted by molar-refractivity contribution is -0.167. The maximum Gasteiger partial charge on any atom is 0.163 e. The van der Waals surface area contributed by atoms with Gasteiger partial charge in [0.25, 0.3) is 0 Å². The molecule has 1 aliphatic heterocycles. The fraction of sp³-hybridized carbons (Fsp3) is 1.00. The maximum atomic E-state index is 10.1. The van der Waals surface area contributed by atoms with E-state index in [1.165, 1.54) is 0 Å². The Balaban J connectivity index is 2.20. The topological polar surface area (TPSA) is 64.7 Å². The van der Waals surface area contributed by atoms with Gasteiger partial charge in [-0.15, -0.1) is 0 Å². The second kappa shape index (κ2) is 3.17. The van der Waals surface area contributed by atoms with Crippen LogP contribution in [0.4, 0.5) is 0 Å². The molecule has 2 rings (SSSR count). The molecule has 88 valence electrons. The molecule has 4 heteroatoms. The van der Waals surface area contributed by atoms with Gasteiger partial charge in [-0.05, 0) is 34.1 Å². The van der Waals surface area contributed by atoms with E-state index >= 15 is 0 Å². The Bertz CT molecular complexity index is 259. The minimum absolute atomic E-state index is 0.0341. The first-order valence-corrected chi connectivity index (χ1v) is 5.54. The molecular formula is C11H21NO3. The van der Waals surface area contributed by atoms with Crippen LogP contribution in [0.3, 0.4) is 0 Å². The van der Waals surface area contributed by atoms with Crippen molar-refractivity contribution < 1.29 is 14.6 Å². The Hall–Kier alpha value is -0.160. The minimum atomic E-state index is -0.763. The van der Waals surface area contributed by atoms with E-state index in [4.69, 9.17) is 15.2 Å². The Morgan fingerprint density at radius 1 is 1.27 bits per heavy atom. The first kappa shape index (κ1) is 11.3. The molecule has 1 aliphatic carbocycles. The van der Waals surface area contributed by atoms with Crippen molar-refractivity contribution >= 4 is 0 Å². The molecule has 1 heterocycles. The molecule has 15 heavy (non-hydrogen) atoms. The van der Waals surface area contributed by atoms with E-state index < -0.39 is 11.4 Å². The average molecular weight is 215 g/mol. The molecule has 0 aromatic rings. The van der Waals surface area contributed by atoms with E-state index in [9.17, 15) is 5.11 Å². The highest BCUT2D eigenvalue weighted by Gasteiger charge is 2.56. The Kier molecular flexibility index (Phi) is 2.39. The van der Waals surface area contributed by atoms with E-state index in [-0.39, 0.29) is 24.2 Å². The molecule has 2 aliphatic rings. The van der Waals surface area contributed by atoms with Crippen LogP contribution < -0.4 is 5.73 Å². The van der Waals surface area contributed by atoms with Gasteiger partial charge in [0.15, 0.2) is 5.79 Å². The van der Waals surface area contributed by atoms with Gasteiger partial charge < -0.3 is 20.3 Å². The lowest BCUT2D eigenvalue weighted by Crippen LogP contribution is -2.39. The predicted molar refractivity (Wildman–Crippen MR) is 56.2 cm³/mol. The fourth-order valence-corrected chi connectivity index (χ4v) is 2.71. The molecule has 0 radical (unpaired) electrons. The highest BCUT2D eigenvalue weighted by molar-refractivity contribution is 5.04. The summed E-state index contributed by atoms with van der Waals surface area (Å²) in [6, 6.07) is -0.0341. The zero-order valence-corrected chi connectivity index (χ0v) is 9.86. The van der Waals surface area contributed by atoms with Crippen LogP contribution in [-0.2, 0) is 9.47 Å². The number of hydrogen-bond acceptors (Lipinski definition) is 4. The van der Waals surface area contributed by atoms with Crippen LogP contribution in [0.1, 0.15) is 34.1 Å². The SMILES string of the molecule is CC1(C)O[C@@H]2[C@H](O1)[C@@H](C(C)(C)O)C[C@H]2N. The number of rotatable bonds is 1. The standard InChI is InChI=1S/C11H21NO3/c1-10(2,13)6-5-7(12)9-8(6)14-11(3,4)15-9/h6-9,13H,5,12H2,1-4H3/t6-,7+,8+,9-/m0/s1. The number of aliphatic hydroxyl groups is 1. The van der Waals surface area contributed by atoms with Gasteiger partial charge in [-0.25, -0.2) is 0 Å². The fourth-order valence-electron chi connectivity index (χ4n) is 2.71. The van der Waals surface area contributed by atoms with Gasteiger partial charge in [0.05, 0.1) is 11.7 Å². The molecule has 0 aromatic carbocycles. The third-order valence-electron chi connectivity index (χ3n) is 3.42. The van der Waals surface area contributed by atoms with Gasteiger partial charge in [-0.3, -0.25) is 0 Å². The summed E-state index contributed by atoms with van der Waals surface area (Å²) in [5.74, 6) is -0.518. The van der Waals surface area contributed by atoms with Crippen LogP contribution >= 0.6 is 0 Å². The van der Waals surface area contributed by atoms with Crippen molar-refractivity contribution in [3.8, 4) is 0 Å². The van der Waals surface area contributed by atoms with Crippen molar-refractivity contribution in [3.63, 3.8) is 0 Å². The molecule has 2 fully saturated rings. The normalized spacial score (nSPS) is 44.4. The highest BCUT2D eigenvalue weighted by Crippen LogP contribution is 2.44. The minimum Gasteiger partial charge on any atom is -0.390 e. The first-order chi connectivity index (χ1) is 6.71. The number of ether oxygens (including phenoxy) is 2. The zero-order valence-electron chi connectivity index (χ0n) is 9.86. The molecule has 4 nitrogen and oxygen atoms in total. The van der Waals surface area contributed by atoms with Crippen LogP contribution in [-0.4, -0.2) is 34.7 Å². The highest BCUT2D eigenvalue weighted by atomic mass is 16.8. The molecule has 1 saturated carbocycles. The molecule has 0 unspecified atom stereocenters. The summed E-state index contributed by atoms with van der Waals surface area (Å²) in [4.78, 5) is 0. The summed E-state index contributed by atoms with van der Waals surface area (Å²) in [6.07, 6.45) is 0.612. The van der Waals surface area contributed by atoms with Crippen LogP contribution in [0.2, 0.25) is 0 Å². The quantitative estimate of drug-likeness (QED) is 0.673. The van der Waals surface area contributed by atoms with E-state index in [0.29, 0.717) is 0 Å². The van der Waals surface area contributed by atoms with Crippen molar-refractivity contribution in [1.82, 2.24) is 0 Å². The van der Waals surface area contributed by atoms with Gasteiger partial charge in [-0.2, -0.15) is 0 Å². The Morgan fingerprint density at radius 2 is 1.80 bits per heavy atom. The Labute approximate surface area is 90.7 Å². The van der Waals surface area contributed by atoms with Crippen molar-refractivity contribution in [3.05, 3.63) is 0 Å². The predicted octanol–water partition coefficient (Wildman–Crippen LogP) is 0.625. The summed E-state index contributed by atoms with van der Waals surface area (Å²) in [7, 11) is 0. The largest absolute Gasteiger partial charge is 0.390 e. The average Bonchev–Trinajstić information content (AvgIpc) is 2.45. The number of nitrogens with two attached hydrogens (primary N) is 1. The molecule has 0 amide bonds. The van der Waals surface area contributed by atoms with Crippen LogP contribution in [0, 0.1) is 5.92 Å². The summed E-state index contributed by atoms with van der Waals surface area (Å²) in [5.41, 5.74) is 5.25. The first-order valence-electron chi connectivity index (χ1n) is 5.54. The molecule has 4 atom stereocenters. The number of hydrogen-bond donors (Lipinski definition) is 2. The smallest absolute Gasteiger partial charge is 0.163 e. The van der Waals surface area contributed by atoms with Gasteiger partial charge >= 0.3 is 0 Å². The van der Waals surface area contributed by atoms with Crippen molar-refractivity contribution in [2.24, 2.45) is 11.7 Å². The molecule has 0 aromatic heterocycles. The summed E-state index contributed by atoms with van der Waals surface area (Å²) in [5, 5.41) is 10.1. The van der Waals surface area contributed by atoms with Crippen LogP contribution in [0.5, 0.6) is 0 Å². The summed E-state index contributed by atoms with van der Waals surface area (Å²) >= 11 is 0. The summed E-state index contributed by atoms with van der Waals surface area (Å²) < 4.78 is 11.6. The second-order valence-corrected chi connectivity index (χ2v) is 5.72. The third-order valence-corrected chi connectivity index (χ3v) is 3.42. The van der Waals surface area contributed by atoms with E-state index in [2.05, 4.69) is 0 Å². The zero-order chi connectivity index (χ0) is 11.4. The second-order valence-electron chi connectivity index (χ2n) is 5.72. The third kappa shape index (κ3) is 1.91. The van der Waals surface area contributed by atoms with Gasteiger partial charge in [0.2, 0.25) is 0 Å². The van der Waals surface area contributed by atoms with E-state index in [1.54, 1.807) is 13.8 Å². The maximum absolute atomic E-state index is 10.1. The van der Waals surface area contributed by atoms with Crippen molar-refractivity contribution in [2.45, 2.75) is 63.8 Å². The molecule has 3 N–H and O–H groups in total. The van der Waals surface area contributed by atoms with E-state index in [1.807, 2.05) is 13.8 Å². The van der Waals surface area contributed by atoms with E-state index in [0.717, 1.165) is 6.42 Å². The van der Waals surface area contributed by atoms with Crippen molar-refractivity contribution in [1.29, 1.82) is 0 Å². The monoisotopic (exact) mass is 215 g/mol. The van der Waals surface area contributed by atoms with Crippen molar-refractivity contribution in [2.75, 3.05) is 0 Å². The molecule has 1 saturated heterocycles. The molecule has 0 bridgehead atoms. The van der Waals surface area contributed by atoms with Crippen LogP contribution in [0.25, 0.3) is 0 Å². The summed E-state index contributed by atoms with van der Waals surface area (Å²) in [6.45, 7) is 7.39. The van der Waals surface area contributed by atoms with Crippen LogP contribution in [0.15, 0.2) is 0 Å². The van der Waals surface area contributed by atoms with Gasteiger partial charge in [0, 0.05) is 12.0 Å².